The fourth-order valence-corrected chi connectivity index (χ4v) is 3.21. The first kappa shape index (κ1) is 18.5. The van der Waals surface area contributed by atoms with Crippen LogP contribution in [0.3, 0.4) is 0 Å². The Morgan fingerprint density at radius 2 is 1.96 bits per heavy atom. The van der Waals surface area contributed by atoms with Crippen molar-refractivity contribution in [1.82, 2.24) is 4.90 Å². The van der Waals surface area contributed by atoms with Crippen LogP contribution in [0, 0.1) is 5.92 Å². The Balaban J connectivity index is 2.44. The van der Waals surface area contributed by atoms with E-state index >= 15 is 0 Å². The zero-order chi connectivity index (χ0) is 18.3. The Kier molecular flexibility index (Phi) is 4.77. The van der Waals surface area contributed by atoms with Gasteiger partial charge in [0.05, 0.1) is 5.70 Å². The van der Waals surface area contributed by atoms with Gasteiger partial charge < -0.3 is 9.84 Å². The quantitative estimate of drug-likeness (QED) is 0.855. The highest BCUT2D eigenvalue weighted by Gasteiger charge is 2.56. The summed E-state index contributed by atoms with van der Waals surface area (Å²) >= 11 is 0. The molecule has 0 saturated carbocycles. The summed E-state index contributed by atoms with van der Waals surface area (Å²) in [6, 6.07) is 0. The fraction of sp³-hybridized carbons (Fsp3) is 0.579. The molecule has 0 aromatic heterocycles. The molecule has 1 amide bonds. The molecule has 0 aromatic rings. The van der Waals surface area contributed by atoms with Gasteiger partial charge >= 0.3 is 6.09 Å². The van der Waals surface area contributed by atoms with Gasteiger partial charge in [-0.05, 0) is 45.1 Å². The highest BCUT2D eigenvalue weighted by atomic mass is 16.6. The van der Waals surface area contributed by atoms with Crippen molar-refractivity contribution in [3.8, 4) is 0 Å². The van der Waals surface area contributed by atoms with Crippen LogP contribution in [0.25, 0.3) is 0 Å². The lowest BCUT2D eigenvalue weighted by Crippen LogP contribution is -2.56. The summed E-state index contributed by atoms with van der Waals surface area (Å²) in [5.74, 6) is -0.302. The zero-order valence-electron chi connectivity index (χ0n) is 15.3. The average Bonchev–Trinajstić information content (AvgIpc) is 2.48. The SMILES string of the molecule is CCC1=C(CC)C(O)(C2=CC(C)C=CN2C(=O)OC(C)(C)C)C1=O. The number of allylic oxidation sites excluding steroid dienone is 2. The summed E-state index contributed by atoms with van der Waals surface area (Å²) in [4.78, 5) is 26.4. The third kappa shape index (κ3) is 2.93. The van der Waals surface area contributed by atoms with E-state index in [-0.39, 0.29) is 17.4 Å². The van der Waals surface area contributed by atoms with E-state index in [1.165, 1.54) is 4.90 Å². The number of aliphatic hydroxyl groups is 1. The molecular formula is C19H27NO4. The summed E-state index contributed by atoms with van der Waals surface area (Å²) in [5, 5.41) is 11.1. The average molecular weight is 333 g/mol. The normalized spacial score (nSPS) is 27.1. The molecule has 0 spiro atoms. The predicted octanol–water partition coefficient (Wildman–Crippen LogP) is 3.70. The second-order valence-corrected chi connectivity index (χ2v) is 7.31. The van der Waals surface area contributed by atoms with Crippen molar-refractivity contribution in [2.45, 2.75) is 65.6 Å². The fourth-order valence-electron chi connectivity index (χ4n) is 3.21. The van der Waals surface area contributed by atoms with E-state index in [2.05, 4.69) is 0 Å². The van der Waals surface area contributed by atoms with E-state index in [0.29, 0.717) is 24.0 Å². The Morgan fingerprint density at radius 3 is 2.46 bits per heavy atom. The Hall–Kier alpha value is -1.88. The lowest BCUT2D eigenvalue weighted by atomic mass is 9.67. The number of carbonyl (C=O) groups is 2. The number of carbonyl (C=O) groups excluding carboxylic acids is 2. The summed E-state index contributed by atoms with van der Waals surface area (Å²) in [5.41, 5.74) is -0.755. The van der Waals surface area contributed by atoms with Crippen molar-refractivity contribution in [2.24, 2.45) is 5.92 Å². The van der Waals surface area contributed by atoms with Crippen molar-refractivity contribution in [1.29, 1.82) is 0 Å². The molecular weight excluding hydrogens is 306 g/mol. The van der Waals surface area contributed by atoms with Crippen LogP contribution in [0.2, 0.25) is 0 Å². The molecule has 5 heteroatoms. The van der Waals surface area contributed by atoms with Crippen LogP contribution >= 0.6 is 0 Å². The van der Waals surface area contributed by atoms with Crippen LogP contribution in [0.15, 0.2) is 35.2 Å². The summed E-state index contributed by atoms with van der Waals surface area (Å²) in [7, 11) is 0. The van der Waals surface area contributed by atoms with E-state index in [1.807, 2.05) is 26.8 Å². The predicted molar refractivity (Wildman–Crippen MR) is 92.0 cm³/mol. The molecule has 132 valence electrons. The number of hydrogen-bond donors (Lipinski definition) is 1. The first-order chi connectivity index (χ1) is 11.1. The van der Waals surface area contributed by atoms with Gasteiger partial charge in [0.2, 0.25) is 5.78 Å². The molecule has 0 bridgehead atoms. The minimum atomic E-state index is -1.73. The van der Waals surface area contributed by atoms with Gasteiger partial charge in [0, 0.05) is 11.8 Å². The lowest BCUT2D eigenvalue weighted by molar-refractivity contribution is -0.132. The van der Waals surface area contributed by atoms with E-state index in [0.717, 1.165) is 0 Å². The number of ether oxygens (including phenoxy) is 1. The van der Waals surface area contributed by atoms with Gasteiger partial charge in [-0.3, -0.25) is 9.69 Å². The first-order valence-electron chi connectivity index (χ1n) is 8.48. The Bertz CT molecular complexity index is 651. The van der Waals surface area contributed by atoms with Crippen molar-refractivity contribution in [3.05, 3.63) is 35.2 Å². The standard InChI is InChI=1S/C19H27NO4/c1-7-13-14(8-2)19(23,16(13)21)15-11-12(3)9-10-20(15)17(22)24-18(4,5)6/h9-12,23H,7-8H2,1-6H3. The lowest BCUT2D eigenvalue weighted by Gasteiger charge is -2.45. The molecule has 2 aliphatic rings. The van der Waals surface area contributed by atoms with Crippen LogP contribution in [0.5, 0.6) is 0 Å². The number of rotatable bonds is 3. The topological polar surface area (TPSA) is 66.8 Å². The molecule has 1 aliphatic heterocycles. The molecule has 24 heavy (non-hydrogen) atoms. The van der Waals surface area contributed by atoms with Crippen molar-refractivity contribution in [2.75, 3.05) is 0 Å². The largest absolute Gasteiger partial charge is 0.443 e. The van der Waals surface area contributed by atoms with Gasteiger partial charge in [-0.1, -0.05) is 32.9 Å². The van der Waals surface area contributed by atoms with Gasteiger partial charge in [0.15, 0.2) is 5.60 Å². The molecule has 1 N–H and O–H groups in total. The van der Waals surface area contributed by atoms with Crippen molar-refractivity contribution >= 4 is 11.9 Å². The molecule has 5 nitrogen and oxygen atoms in total. The minimum Gasteiger partial charge on any atom is -0.443 e. The Morgan fingerprint density at radius 1 is 1.33 bits per heavy atom. The third-order valence-electron chi connectivity index (χ3n) is 4.29. The number of ketones is 1. The molecule has 2 rings (SSSR count). The van der Waals surface area contributed by atoms with Crippen LogP contribution in [0.4, 0.5) is 4.79 Å². The smallest absolute Gasteiger partial charge is 0.418 e. The number of hydrogen-bond acceptors (Lipinski definition) is 4. The number of nitrogens with zero attached hydrogens (tertiary/aromatic N) is 1. The number of Topliss-reactive ketones (excluding diaryl/α,β-unsaturated/α-hetero) is 1. The van der Waals surface area contributed by atoms with Crippen LogP contribution in [-0.4, -0.2) is 33.1 Å². The summed E-state index contributed by atoms with van der Waals surface area (Å²) in [6.07, 6.45) is 5.70. The maximum atomic E-state index is 12.6. The van der Waals surface area contributed by atoms with E-state index in [1.54, 1.807) is 33.0 Å². The Labute approximate surface area is 143 Å². The highest BCUT2D eigenvalue weighted by Crippen LogP contribution is 2.46. The molecule has 1 aliphatic carbocycles. The molecule has 1 heterocycles. The van der Waals surface area contributed by atoms with Gasteiger partial charge in [-0.15, -0.1) is 0 Å². The highest BCUT2D eigenvalue weighted by molar-refractivity contribution is 6.14. The van der Waals surface area contributed by atoms with Gasteiger partial charge in [-0.2, -0.15) is 0 Å². The van der Waals surface area contributed by atoms with E-state index in [9.17, 15) is 14.7 Å². The van der Waals surface area contributed by atoms with Gasteiger partial charge in [0.1, 0.15) is 5.60 Å². The van der Waals surface area contributed by atoms with Crippen molar-refractivity contribution in [3.63, 3.8) is 0 Å². The monoisotopic (exact) mass is 333 g/mol. The second kappa shape index (κ2) is 6.20. The van der Waals surface area contributed by atoms with E-state index < -0.39 is 17.3 Å². The number of amides is 1. The van der Waals surface area contributed by atoms with Crippen molar-refractivity contribution < 1.29 is 19.4 Å². The summed E-state index contributed by atoms with van der Waals surface area (Å²) in [6.45, 7) is 11.1. The molecule has 0 fully saturated rings. The maximum Gasteiger partial charge on any atom is 0.418 e. The van der Waals surface area contributed by atoms with Crippen LogP contribution < -0.4 is 0 Å². The molecule has 2 unspecified atom stereocenters. The summed E-state index contributed by atoms with van der Waals surface area (Å²) < 4.78 is 5.42. The van der Waals surface area contributed by atoms with Gasteiger partial charge in [0.25, 0.3) is 0 Å². The zero-order valence-corrected chi connectivity index (χ0v) is 15.3. The third-order valence-corrected chi connectivity index (χ3v) is 4.29. The second-order valence-electron chi connectivity index (χ2n) is 7.31. The van der Waals surface area contributed by atoms with Crippen LogP contribution in [-0.2, 0) is 9.53 Å². The molecule has 2 atom stereocenters. The van der Waals surface area contributed by atoms with E-state index in [4.69, 9.17) is 4.74 Å². The van der Waals surface area contributed by atoms with Gasteiger partial charge in [-0.25, -0.2) is 4.79 Å². The minimum absolute atomic E-state index is 0.0132. The first-order valence-corrected chi connectivity index (χ1v) is 8.48. The molecule has 0 radical (unpaired) electrons. The molecule has 0 saturated heterocycles. The molecule has 0 aromatic carbocycles. The van der Waals surface area contributed by atoms with Crippen LogP contribution in [0.1, 0.15) is 54.4 Å². The maximum absolute atomic E-state index is 12.6.